The van der Waals surface area contributed by atoms with E-state index in [1.807, 2.05) is 48.7 Å². The molecule has 0 radical (unpaired) electrons. The molecule has 1 N–H and O–H groups in total. The Morgan fingerprint density at radius 1 is 1.14 bits per heavy atom. The van der Waals surface area contributed by atoms with Crippen molar-refractivity contribution in [3.05, 3.63) is 71.4 Å². The third-order valence-electron chi connectivity index (χ3n) is 5.15. The fourth-order valence-electron chi connectivity index (χ4n) is 3.61. The van der Waals surface area contributed by atoms with Crippen LogP contribution < -0.4 is 10.1 Å². The number of nitrogens with one attached hydrogen (secondary N) is 1. The molecule has 0 fully saturated rings. The average Bonchev–Trinajstić information content (AvgIpc) is 3.12. The number of para-hydroxylation sites is 1. The molecule has 1 aromatic heterocycles. The minimum atomic E-state index is -0.0687. The van der Waals surface area contributed by atoms with Gasteiger partial charge in [-0.3, -0.25) is 4.79 Å². The van der Waals surface area contributed by atoms with E-state index in [2.05, 4.69) is 30.3 Å². The Bertz CT molecular complexity index is 976. The standard InChI is InChI=1S/C23H25N3O2/c1-3-4-13-28-21-8-6-5-7-18(21)19-14-22(27)25-23-20(19)15-24-26(23)17-11-9-16(2)10-12-17/h5-12,15,19H,3-4,13-14H2,1-2H3,(H,25,27)/t19-/m0/s1. The number of amides is 1. The summed E-state index contributed by atoms with van der Waals surface area (Å²) in [6.45, 7) is 4.88. The average molecular weight is 375 g/mol. The largest absolute Gasteiger partial charge is 0.493 e. The number of benzene rings is 2. The zero-order valence-electron chi connectivity index (χ0n) is 16.3. The number of carbonyl (C=O) groups is 1. The lowest BCUT2D eigenvalue weighted by molar-refractivity contribution is -0.116. The third-order valence-corrected chi connectivity index (χ3v) is 5.15. The van der Waals surface area contributed by atoms with E-state index in [9.17, 15) is 4.79 Å². The predicted molar refractivity (Wildman–Crippen MR) is 110 cm³/mol. The number of hydrogen-bond donors (Lipinski definition) is 1. The molecule has 0 saturated heterocycles. The summed E-state index contributed by atoms with van der Waals surface area (Å²) in [5.41, 5.74) is 4.18. The molecule has 28 heavy (non-hydrogen) atoms. The first-order valence-electron chi connectivity index (χ1n) is 9.84. The van der Waals surface area contributed by atoms with Crippen molar-refractivity contribution in [2.75, 3.05) is 11.9 Å². The molecule has 0 unspecified atom stereocenters. The van der Waals surface area contributed by atoms with Gasteiger partial charge in [0.15, 0.2) is 0 Å². The van der Waals surface area contributed by atoms with E-state index < -0.39 is 0 Å². The minimum absolute atomic E-state index is 0.00489. The number of nitrogens with zero attached hydrogens (tertiary/aromatic N) is 2. The number of hydrogen-bond acceptors (Lipinski definition) is 3. The second kappa shape index (κ2) is 7.89. The molecule has 1 amide bonds. The summed E-state index contributed by atoms with van der Waals surface area (Å²) in [6, 6.07) is 16.1. The number of carbonyl (C=O) groups excluding carboxylic acids is 1. The van der Waals surface area contributed by atoms with Crippen molar-refractivity contribution < 1.29 is 9.53 Å². The molecule has 4 rings (SSSR count). The fourth-order valence-corrected chi connectivity index (χ4v) is 3.61. The molecule has 1 atom stereocenters. The molecule has 5 nitrogen and oxygen atoms in total. The molecule has 5 heteroatoms. The first-order chi connectivity index (χ1) is 13.7. The van der Waals surface area contributed by atoms with Crippen LogP contribution in [0.2, 0.25) is 0 Å². The van der Waals surface area contributed by atoms with Crippen LogP contribution in [0.1, 0.15) is 48.8 Å². The molecule has 0 spiro atoms. The SMILES string of the molecule is CCCCOc1ccccc1[C@@H]1CC(=O)Nc2c1cnn2-c1ccc(C)cc1. The van der Waals surface area contributed by atoms with E-state index in [0.29, 0.717) is 13.0 Å². The minimum Gasteiger partial charge on any atom is -0.493 e. The maximum absolute atomic E-state index is 12.5. The van der Waals surface area contributed by atoms with Crippen molar-refractivity contribution >= 4 is 11.7 Å². The number of aromatic nitrogens is 2. The maximum Gasteiger partial charge on any atom is 0.226 e. The van der Waals surface area contributed by atoms with Gasteiger partial charge in [-0.25, -0.2) is 4.68 Å². The summed E-state index contributed by atoms with van der Waals surface area (Å²) in [5, 5.41) is 7.59. The highest BCUT2D eigenvalue weighted by Gasteiger charge is 2.32. The Hall–Kier alpha value is -3.08. The molecule has 0 saturated carbocycles. The summed E-state index contributed by atoms with van der Waals surface area (Å²) >= 11 is 0. The van der Waals surface area contributed by atoms with Gasteiger partial charge in [0.1, 0.15) is 11.6 Å². The van der Waals surface area contributed by atoms with E-state index in [4.69, 9.17) is 4.74 Å². The van der Waals surface area contributed by atoms with Crippen LogP contribution in [0.3, 0.4) is 0 Å². The monoisotopic (exact) mass is 375 g/mol. The molecule has 3 aromatic rings. The number of ether oxygens (including phenoxy) is 1. The van der Waals surface area contributed by atoms with E-state index in [1.54, 1.807) is 4.68 Å². The lowest BCUT2D eigenvalue weighted by atomic mass is 9.87. The Morgan fingerprint density at radius 2 is 1.93 bits per heavy atom. The van der Waals surface area contributed by atoms with Crippen LogP contribution in [0.4, 0.5) is 5.82 Å². The number of unbranched alkanes of at least 4 members (excludes halogenated alkanes) is 1. The summed E-state index contributed by atoms with van der Waals surface area (Å²) in [4.78, 5) is 12.5. The third kappa shape index (κ3) is 3.52. The van der Waals surface area contributed by atoms with Gasteiger partial charge in [-0.2, -0.15) is 5.10 Å². The Morgan fingerprint density at radius 3 is 2.71 bits per heavy atom. The molecule has 0 bridgehead atoms. The smallest absolute Gasteiger partial charge is 0.226 e. The highest BCUT2D eigenvalue weighted by Crippen LogP contribution is 2.41. The summed E-state index contributed by atoms with van der Waals surface area (Å²) in [5.74, 6) is 1.52. The van der Waals surface area contributed by atoms with Crippen molar-refractivity contribution in [2.45, 2.75) is 39.0 Å². The van der Waals surface area contributed by atoms with Crippen LogP contribution in [0.5, 0.6) is 5.75 Å². The van der Waals surface area contributed by atoms with Gasteiger partial charge in [0.2, 0.25) is 5.91 Å². The van der Waals surface area contributed by atoms with Gasteiger partial charge in [-0.1, -0.05) is 49.2 Å². The van der Waals surface area contributed by atoms with Crippen molar-refractivity contribution in [3.63, 3.8) is 0 Å². The lowest BCUT2D eigenvalue weighted by Crippen LogP contribution is -2.25. The number of rotatable bonds is 6. The van der Waals surface area contributed by atoms with Crippen LogP contribution >= 0.6 is 0 Å². The zero-order chi connectivity index (χ0) is 19.5. The fraction of sp³-hybridized carbons (Fsp3) is 0.304. The quantitative estimate of drug-likeness (QED) is 0.628. The number of fused-ring (bicyclic) bond motifs is 1. The van der Waals surface area contributed by atoms with Crippen molar-refractivity contribution in [1.82, 2.24) is 9.78 Å². The van der Waals surface area contributed by atoms with Crippen molar-refractivity contribution in [2.24, 2.45) is 0 Å². The van der Waals surface area contributed by atoms with Crippen LogP contribution in [-0.2, 0) is 4.79 Å². The second-order valence-corrected chi connectivity index (χ2v) is 7.24. The van der Waals surface area contributed by atoms with E-state index in [1.165, 1.54) is 5.56 Å². The highest BCUT2D eigenvalue weighted by atomic mass is 16.5. The van der Waals surface area contributed by atoms with E-state index in [-0.39, 0.29) is 11.8 Å². The molecule has 1 aliphatic heterocycles. The van der Waals surface area contributed by atoms with Crippen LogP contribution in [0.15, 0.2) is 54.7 Å². The Labute approximate surface area is 165 Å². The van der Waals surface area contributed by atoms with Crippen molar-refractivity contribution in [3.8, 4) is 11.4 Å². The lowest BCUT2D eigenvalue weighted by Gasteiger charge is -2.25. The molecule has 144 valence electrons. The van der Waals surface area contributed by atoms with E-state index in [0.717, 1.165) is 41.2 Å². The Kier molecular flexibility index (Phi) is 5.15. The summed E-state index contributed by atoms with van der Waals surface area (Å²) in [7, 11) is 0. The van der Waals surface area contributed by atoms with Crippen LogP contribution in [-0.4, -0.2) is 22.3 Å². The van der Waals surface area contributed by atoms with Gasteiger partial charge in [-0.15, -0.1) is 0 Å². The zero-order valence-corrected chi connectivity index (χ0v) is 16.3. The highest BCUT2D eigenvalue weighted by molar-refractivity contribution is 5.94. The van der Waals surface area contributed by atoms with Crippen molar-refractivity contribution in [1.29, 1.82) is 0 Å². The normalized spacial score (nSPS) is 15.8. The topological polar surface area (TPSA) is 56.1 Å². The predicted octanol–water partition coefficient (Wildman–Crippen LogP) is 4.83. The van der Waals surface area contributed by atoms with Gasteiger partial charge in [0, 0.05) is 23.5 Å². The number of aryl methyl sites for hydroxylation is 1. The van der Waals surface area contributed by atoms with Gasteiger partial charge < -0.3 is 10.1 Å². The summed E-state index contributed by atoms with van der Waals surface area (Å²) < 4.78 is 7.83. The van der Waals surface area contributed by atoms with Crippen LogP contribution in [0, 0.1) is 6.92 Å². The van der Waals surface area contributed by atoms with Gasteiger partial charge in [-0.05, 0) is 31.5 Å². The molecular weight excluding hydrogens is 350 g/mol. The van der Waals surface area contributed by atoms with E-state index >= 15 is 0 Å². The first kappa shape index (κ1) is 18.3. The van der Waals surface area contributed by atoms with Gasteiger partial charge in [0.05, 0.1) is 18.5 Å². The molecular formula is C23H25N3O2. The summed E-state index contributed by atoms with van der Waals surface area (Å²) in [6.07, 6.45) is 4.35. The second-order valence-electron chi connectivity index (χ2n) is 7.24. The van der Waals surface area contributed by atoms with Gasteiger partial charge in [0.25, 0.3) is 0 Å². The molecule has 0 aliphatic carbocycles. The first-order valence-corrected chi connectivity index (χ1v) is 9.84. The Balaban J connectivity index is 1.73. The van der Waals surface area contributed by atoms with Gasteiger partial charge >= 0.3 is 0 Å². The number of anilines is 1. The van der Waals surface area contributed by atoms with Crippen LogP contribution in [0.25, 0.3) is 5.69 Å². The molecule has 2 aromatic carbocycles. The maximum atomic E-state index is 12.5. The molecule has 1 aliphatic rings. The molecule has 2 heterocycles.